The van der Waals surface area contributed by atoms with Crippen molar-refractivity contribution in [1.82, 2.24) is 0 Å². The predicted octanol–water partition coefficient (Wildman–Crippen LogP) is 0.133. The van der Waals surface area contributed by atoms with Crippen molar-refractivity contribution in [1.29, 1.82) is 0 Å². The molecule has 0 heterocycles. The first-order chi connectivity index (χ1) is 8.99. The maximum atomic E-state index is 12.1. The van der Waals surface area contributed by atoms with Crippen LogP contribution in [0.4, 0.5) is 0 Å². The molecule has 2 aliphatic carbocycles. The fourth-order valence-electron chi connectivity index (χ4n) is 3.08. The molecular weight excluding hydrogens is 252 g/mol. The number of hydrogen-bond donors (Lipinski definition) is 0. The molecule has 4 atom stereocenters. The molecule has 0 amide bonds. The molecule has 2 rings (SSSR count). The van der Waals surface area contributed by atoms with Crippen LogP contribution in [0.2, 0.25) is 0 Å². The van der Waals surface area contributed by atoms with E-state index in [1.165, 1.54) is 14.2 Å². The number of methoxy groups -OCH3 is 2. The van der Waals surface area contributed by atoms with Crippen LogP contribution in [0.5, 0.6) is 0 Å². The van der Waals surface area contributed by atoms with Crippen molar-refractivity contribution >= 4 is 23.5 Å². The summed E-state index contributed by atoms with van der Waals surface area (Å²) >= 11 is 0. The number of carbonyl (C=O) groups excluding carboxylic acids is 4. The van der Waals surface area contributed by atoms with E-state index in [0.29, 0.717) is 6.42 Å². The molecule has 0 saturated heterocycles. The maximum Gasteiger partial charge on any atom is 0.316 e. The minimum atomic E-state index is -0.865. The van der Waals surface area contributed by atoms with E-state index in [-0.39, 0.29) is 24.4 Å². The molecule has 0 radical (unpaired) electrons. The highest BCUT2D eigenvalue weighted by Crippen LogP contribution is 2.41. The van der Waals surface area contributed by atoms with Gasteiger partial charge >= 0.3 is 11.9 Å². The first-order valence-electron chi connectivity index (χ1n) is 6.22. The number of rotatable bonds is 2. The molecule has 6 heteroatoms. The Morgan fingerprint density at radius 1 is 0.842 bits per heavy atom. The van der Waals surface area contributed by atoms with Crippen LogP contribution in [0.15, 0.2) is 0 Å². The van der Waals surface area contributed by atoms with Gasteiger partial charge in [-0.1, -0.05) is 0 Å². The zero-order valence-corrected chi connectivity index (χ0v) is 10.9. The Balaban J connectivity index is 2.21. The number of fused-ring (bicyclic) bond motifs is 2. The van der Waals surface area contributed by atoms with E-state index >= 15 is 0 Å². The fourth-order valence-corrected chi connectivity index (χ4v) is 3.08. The number of ether oxygens (including phenoxy) is 2. The lowest BCUT2D eigenvalue weighted by Gasteiger charge is -2.38. The molecule has 0 unspecified atom stereocenters. The van der Waals surface area contributed by atoms with Crippen molar-refractivity contribution in [2.45, 2.75) is 19.3 Å². The van der Waals surface area contributed by atoms with E-state index < -0.39 is 35.6 Å². The summed E-state index contributed by atoms with van der Waals surface area (Å²) < 4.78 is 9.19. The molecule has 0 spiro atoms. The predicted molar refractivity (Wildman–Crippen MR) is 61.9 cm³/mol. The van der Waals surface area contributed by atoms with Gasteiger partial charge in [-0.25, -0.2) is 0 Å². The number of esters is 2. The average Bonchev–Trinajstić information content (AvgIpc) is 2.43. The summed E-state index contributed by atoms with van der Waals surface area (Å²) in [6.45, 7) is 0. The fraction of sp³-hybridized carbons (Fsp3) is 0.692. The normalized spacial score (nSPS) is 33.8. The Bertz CT molecular complexity index is 400. The van der Waals surface area contributed by atoms with Gasteiger partial charge in [0.05, 0.1) is 14.2 Å². The minimum absolute atomic E-state index is 0.147. The second kappa shape index (κ2) is 5.11. The molecule has 0 aromatic heterocycles. The molecule has 2 fully saturated rings. The molecule has 0 aromatic carbocycles. The standard InChI is InChI=1S/C13H16O6/c1-18-12(16)8-4-6-3-7(10(8)14)5-9(11(6)15)13(17)19-2/h6-9H,3-5H2,1-2H3/t6-,7-,8+,9+/m1/s1. The molecule has 6 nitrogen and oxygen atoms in total. The molecule has 2 saturated carbocycles. The van der Waals surface area contributed by atoms with Crippen LogP contribution < -0.4 is 0 Å². The van der Waals surface area contributed by atoms with Gasteiger partial charge in [0.15, 0.2) is 0 Å². The van der Waals surface area contributed by atoms with E-state index in [1.807, 2.05) is 0 Å². The monoisotopic (exact) mass is 268 g/mol. The molecule has 2 aliphatic rings. The van der Waals surface area contributed by atoms with Crippen LogP contribution in [-0.2, 0) is 28.7 Å². The third-order valence-electron chi connectivity index (χ3n) is 4.07. The topological polar surface area (TPSA) is 86.7 Å². The van der Waals surface area contributed by atoms with E-state index in [0.717, 1.165) is 0 Å². The lowest BCUT2D eigenvalue weighted by atomic mass is 9.63. The molecule has 104 valence electrons. The summed E-state index contributed by atoms with van der Waals surface area (Å²) in [5, 5.41) is 0. The molecular formula is C13H16O6. The Morgan fingerprint density at radius 2 is 1.21 bits per heavy atom. The van der Waals surface area contributed by atoms with Crippen molar-refractivity contribution in [3.05, 3.63) is 0 Å². The lowest BCUT2D eigenvalue weighted by molar-refractivity contribution is -0.160. The van der Waals surface area contributed by atoms with E-state index in [1.54, 1.807) is 0 Å². The summed E-state index contributed by atoms with van der Waals surface area (Å²) in [4.78, 5) is 47.4. The number of Topliss-reactive ketones (excluding diaryl/α,β-unsaturated/α-hetero) is 2. The summed E-state index contributed by atoms with van der Waals surface area (Å²) in [6, 6.07) is 0. The van der Waals surface area contributed by atoms with Crippen molar-refractivity contribution in [2.75, 3.05) is 14.2 Å². The second-order valence-electron chi connectivity index (χ2n) is 5.06. The van der Waals surface area contributed by atoms with Gasteiger partial charge in [-0.15, -0.1) is 0 Å². The zero-order valence-electron chi connectivity index (χ0n) is 10.9. The quantitative estimate of drug-likeness (QED) is 0.522. The third kappa shape index (κ3) is 2.27. The van der Waals surface area contributed by atoms with Crippen molar-refractivity contribution in [3.8, 4) is 0 Å². The Morgan fingerprint density at radius 3 is 1.53 bits per heavy atom. The first kappa shape index (κ1) is 13.7. The van der Waals surface area contributed by atoms with Crippen LogP contribution in [0, 0.1) is 23.7 Å². The summed E-state index contributed by atoms with van der Waals surface area (Å²) in [5.41, 5.74) is 0. The van der Waals surface area contributed by atoms with Crippen LogP contribution in [0.1, 0.15) is 19.3 Å². The van der Waals surface area contributed by atoms with Gasteiger partial charge in [0.2, 0.25) is 0 Å². The first-order valence-corrected chi connectivity index (χ1v) is 6.22. The molecule has 19 heavy (non-hydrogen) atoms. The minimum Gasteiger partial charge on any atom is -0.468 e. The van der Waals surface area contributed by atoms with Gasteiger partial charge in [-0.05, 0) is 19.3 Å². The van der Waals surface area contributed by atoms with Gasteiger partial charge < -0.3 is 9.47 Å². The summed E-state index contributed by atoms with van der Waals surface area (Å²) in [7, 11) is 2.44. The maximum absolute atomic E-state index is 12.1. The smallest absolute Gasteiger partial charge is 0.316 e. The Labute approximate surface area is 110 Å². The van der Waals surface area contributed by atoms with Gasteiger partial charge in [-0.3, -0.25) is 19.2 Å². The van der Waals surface area contributed by atoms with Crippen molar-refractivity contribution < 1.29 is 28.7 Å². The van der Waals surface area contributed by atoms with Crippen molar-refractivity contribution in [2.24, 2.45) is 23.7 Å². The lowest BCUT2D eigenvalue weighted by Crippen LogP contribution is -2.48. The third-order valence-corrected chi connectivity index (χ3v) is 4.07. The van der Waals surface area contributed by atoms with Gasteiger partial charge in [0, 0.05) is 11.8 Å². The van der Waals surface area contributed by atoms with Crippen LogP contribution in [0.3, 0.4) is 0 Å². The Hall–Kier alpha value is -1.72. The average molecular weight is 268 g/mol. The number of carbonyl (C=O) groups is 4. The number of ketones is 2. The van der Waals surface area contributed by atoms with Crippen molar-refractivity contribution in [3.63, 3.8) is 0 Å². The second-order valence-corrected chi connectivity index (χ2v) is 5.06. The van der Waals surface area contributed by atoms with E-state index in [4.69, 9.17) is 0 Å². The van der Waals surface area contributed by atoms with E-state index in [2.05, 4.69) is 9.47 Å². The zero-order chi connectivity index (χ0) is 14.2. The summed E-state index contributed by atoms with van der Waals surface area (Å²) in [6.07, 6.45) is 0.724. The molecule has 2 bridgehead atoms. The van der Waals surface area contributed by atoms with Gasteiger partial charge in [0.1, 0.15) is 23.4 Å². The van der Waals surface area contributed by atoms with Gasteiger partial charge in [0.25, 0.3) is 0 Å². The highest BCUT2D eigenvalue weighted by atomic mass is 16.5. The van der Waals surface area contributed by atoms with Crippen LogP contribution in [-0.4, -0.2) is 37.7 Å². The van der Waals surface area contributed by atoms with E-state index in [9.17, 15) is 19.2 Å². The SMILES string of the molecule is COC(=O)[C@H]1C[C@H]2C[C@H](C[C@H](C(=O)OC)C2=O)C1=O. The number of hydrogen-bond acceptors (Lipinski definition) is 6. The summed E-state index contributed by atoms with van der Waals surface area (Å²) in [5.74, 6) is -4.20. The largest absolute Gasteiger partial charge is 0.468 e. The molecule has 0 N–H and O–H groups in total. The Kier molecular flexibility index (Phi) is 3.68. The highest BCUT2D eigenvalue weighted by molar-refractivity contribution is 6.07. The van der Waals surface area contributed by atoms with Crippen LogP contribution >= 0.6 is 0 Å². The highest BCUT2D eigenvalue weighted by Gasteiger charge is 2.50. The molecule has 0 aromatic rings. The molecule has 0 aliphatic heterocycles. The van der Waals surface area contributed by atoms with Crippen LogP contribution in [0.25, 0.3) is 0 Å². The van der Waals surface area contributed by atoms with Gasteiger partial charge in [-0.2, -0.15) is 0 Å².